The van der Waals surface area contributed by atoms with Crippen molar-refractivity contribution in [1.82, 2.24) is 4.90 Å². The maximum atomic E-state index is 2.82. The Labute approximate surface area is 119 Å². The molecule has 0 spiro atoms. The van der Waals surface area contributed by atoms with Crippen LogP contribution in [0.4, 0.5) is 0 Å². The van der Waals surface area contributed by atoms with Gasteiger partial charge >= 0.3 is 0 Å². The molecule has 0 amide bonds. The van der Waals surface area contributed by atoms with Gasteiger partial charge in [0, 0.05) is 18.6 Å². The lowest BCUT2D eigenvalue weighted by molar-refractivity contribution is 0.257. The molecule has 3 rings (SSSR count). The number of nitrogens with zero attached hydrogens (tertiary/aromatic N) is 1. The summed E-state index contributed by atoms with van der Waals surface area (Å²) in [7, 11) is 0. The van der Waals surface area contributed by atoms with Crippen LogP contribution in [0.15, 0.2) is 11.6 Å². The molecular weight excluding hydrogens is 230 g/mol. The molecule has 0 aromatic heterocycles. The highest BCUT2D eigenvalue weighted by molar-refractivity contribution is 5.07. The molecule has 0 bridgehead atoms. The Hall–Kier alpha value is -0.300. The van der Waals surface area contributed by atoms with Gasteiger partial charge in [-0.3, -0.25) is 4.90 Å². The smallest absolute Gasteiger partial charge is 0.0252 e. The molecule has 0 N–H and O–H groups in total. The van der Waals surface area contributed by atoms with E-state index < -0.39 is 0 Å². The first kappa shape index (κ1) is 13.7. The normalized spacial score (nSPS) is 37.2. The predicted octanol–water partition coefficient (Wildman–Crippen LogP) is 4.78. The van der Waals surface area contributed by atoms with Gasteiger partial charge in [-0.05, 0) is 57.3 Å². The summed E-state index contributed by atoms with van der Waals surface area (Å²) >= 11 is 0. The summed E-state index contributed by atoms with van der Waals surface area (Å²) < 4.78 is 0. The SMILES string of the molecule is CC1=CCC(CCC(C)C2CN2C2CCCCC2)C1. The van der Waals surface area contributed by atoms with E-state index in [1.807, 2.05) is 0 Å². The molecule has 1 nitrogen and oxygen atoms in total. The summed E-state index contributed by atoms with van der Waals surface area (Å²) in [6.07, 6.45) is 15.5. The van der Waals surface area contributed by atoms with E-state index in [-0.39, 0.29) is 0 Å². The third-order valence-corrected chi connectivity index (χ3v) is 5.83. The van der Waals surface area contributed by atoms with Crippen LogP contribution in [0.5, 0.6) is 0 Å². The molecule has 1 saturated heterocycles. The minimum absolute atomic E-state index is 0.933. The van der Waals surface area contributed by atoms with E-state index in [0.717, 1.165) is 23.9 Å². The third-order valence-electron chi connectivity index (χ3n) is 5.83. The topological polar surface area (TPSA) is 3.01 Å². The van der Waals surface area contributed by atoms with Crippen molar-refractivity contribution >= 4 is 0 Å². The van der Waals surface area contributed by atoms with E-state index in [1.165, 1.54) is 64.3 Å². The molecule has 3 aliphatic rings. The molecule has 19 heavy (non-hydrogen) atoms. The molecule has 1 saturated carbocycles. The Morgan fingerprint density at radius 2 is 2.05 bits per heavy atom. The van der Waals surface area contributed by atoms with Gasteiger partial charge in [0.1, 0.15) is 0 Å². The van der Waals surface area contributed by atoms with Crippen LogP contribution in [0.3, 0.4) is 0 Å². The summed E-state index contributed by atoms with van der Waals surface area (Å²) in [6.45, 7) is 6.21. The average molecular weight is 261 g/mol. The lowest BCUT2D eigenvalue weighted by Crippen LogP contribution is -2.25. The molecule has 0 radical (unpaired) electrons. The molecule has 1 heterocycles. The second kappa shape index (κ2) is 5.99. The first-order valence-corrected chi connectivity index (χ1v) is 8.65. The van der Waals surface area contributed by atoms with Crippen LogP contribution in [0.1, 0.15) is 71.6 Å². The molecule has 4 atom stereocenters. The Morgan fingerprint density at radius 1 is 1.26 bits per heavy atom. The standard InChI is InChI=1S/C18H31N/c1-14-8-10-16(12-14)11-9-15(2)18-13-19(18)17-6-4-3-5-7-17/h8,15-18H,3-7,9-13H2,1-2H3. The third kappa shape index (κ3) is 3.42. The van der Waals surface area contributed by atoms with Crippen molar-refractivity contribution in [2.45, 2.75) is 83.7 Å². The predicted molar refractivity (Wildman–Crippen MR) is 82.2 cm³/mol. The zero-order valence-corrected chi connectivity index (χ0v) is 12.9. The Bertz CT molecular complexity index is 327. The molecule has 0 aromatic rings. The van der Waals surface area contributed by atoms with Crippen molar-refractivity contribution in [3.05, 3.63) is 11.6 Å². The van der Waals surface area contributed by atoms with E-state index in [2.05, 4.69) is 24.8 Å². The Morgan fingerprint density at radius 3 is 2.74 bits per heavy atom. The fourth-order valence-electron chi connectivity index (χ4n) is 4.41. The van der Waals surface area contributed by atoms with Crippen LogP contribution in [-0.2, 0) is 0 Å². The summed E-state index contributed by atoms with van der Waals surface area (Å²) in [6, 6.07) is 1.90. The minimum atomic E-state index is 0.933. The summed E-state index contributed by atoms with van der Waals surface area (Å²) in [5.41, 5.74) is 1.63. The molecule has 2 aliphatic carbocycles. The van der Waals surface area contributed by atoms with E-state index in [4.69, 9.17) is 0 Å². The Kier molecular flexibility index (Phi) is 4.31. The molecular formula is C18H31N. The average Bonchev–Trinajstić information content (AvgIpc) is 3.14. The first-order chi connectivity index (χ1) is 9.24. The maximum Gasteiger partial charge on any atom is 0.0252 e. The number of hydrogen-bond donors (Lipinski definition) is 0. The molecule has 108 valence electrons. The lowest BCUT2D eigenvalue weighted by Gasteiger charge is -2.25. The molecule has 2 fully saturated rings. The van der Waals surface area contributed by atoms with Gasteiger partial charge in [0.2, 0.25) is 0 Å². The second-order valence-electron chi connectivity index (χ2n) is 7.47. The monoisotopic (exact) mass is 261 g/mol. The summed E-state index contributed by atoms with van der Waals surface area (Å²) in [5, 5.41) is 0. The van der Waals surface area contributed by atoms with Crippen molar-refractivity contribution in [3.8, 4) is 0 Å². The summed E-state index contributed by atoms with van der Waals surface area (Å²) in [5.74, 6) is 1.91. The van der Waals surface area contributed by atoms with E-state index in [1.54, 1.807) is 5.57 Å². The molecule has 0 aromatic carbocycles. The fourth-order valence-corrected chi connectivity index (χ4v) is 4.41. The van der Waals surface area contributed by atoms with Gasteiger partial charge in [-0.25, -0.2) is 0 Å². The highest BCUT2D eigenvalue weighted by Crippen LogP contribution is 2.37. The van der Waals surface area contributed by atoms with Crippen LogP contribution >= 0.6 is 0 Å². The van der Waals surface area contributed by atoms with Crippen LogP contribution in [0.25, 0.3) is 0 Å². The largest absolute Gasteiger partial charge is 0.294 e. The highest BCUT2D eigenvalue weighted by Gasteiger charge is 2.42. The van der Waals surface area contributed by atoms with Crippen molar-refractivity contribution in [2.75, 3.05) is 6.54 Å². The van der Waals surface area contributed by atoms with Crippen molar-refractivity contribution in [1.29, 1.82) is 0 Å². The van der Waals surface area contributed by atoms with Gasteiger partial charge < -0.3 is 0 Å². The summed E-state index contributed by atoms with van der Waals surface area (Å²) in [4.78, 5) is 2.82. The number of hydrogen-bond acceptors (Lipinski definition) is 1. The fraction of sp³-hybridized carbons (Fsp3) is 0.889. The van der Waals surface area contributed by atoms with Crippen molar-refractivity contribution in [2.24, 2.45) is 11.8 Å². The molecule has 1 aliphatic heterocycles. The van der Waals surface area contributed by atoms with E-state index >= 15 is 0 Å². The van der Waals surface area contributed by atoms with Gasteiger partial charge in [0.05, 0.1) is 0 Å². The number of allylic oxidation sites excluding steroid dienone is 2. The van der Waals surface area contributed by atoms with Crippen LogP contribution in [0.2, 0.25) is 0 Å². The second-order valence-corrected chi connectivity index (χ2v) is 7.47. The van der Waals surface area contributed by atoms with Gasteiger partial charge in [0.25, 0.3) is 0 Å². The molecule has 4 unspecified atom stereocenters. The zero-order chi connectivity index (χ0) is 13.2. The van der Waals surface area contributed by atoms with Crippen LogP contribution in [0, 0.1) is 11.8 Å². The van der Waals surface area contributed by atoms with Gasteiger partial charge in [-0.2, -0.15) is 0 Å². The van der Waals surface area contributed by atoms with Gasteiger partial charge in [-0.15, -0.1) is 0 Å². The van der Waals surface area contributed by atoms with E-state index in [9.17, 15) is 0 Å². The van der Waals surface area contributed by atoms with Gasteiger partial charge in [0.15, 0.2) is 0 Å². The number of rotatable bonds is 5. The quantitative estimate of drug-likeness (QED) is 0.508. The first-order valence-electron chi connectivity index (χ1n) is 8.65. The van der Waals surface area contributed by atoms with Crippen molar-refractivity contribution in [3.63, 3.8) is 0 Å². The lowest BCUT2D eigenvalue weighted by atomic mass is 9.92. The van der Waals surface area contributed by atoms with Gasteiger partial charge in [-0.1, -0.05) is 37.8 Å². The zero-order valence-electron chi connectivity index (χ0n) is 12.9. The van der Waals surface area contributed by atoms with E-state index in [0.29, 0.717) is 0 Å². The maximum absolute atomic E-state index is 2.82. The minimum Gasteiger partial charge on any atom is -0.294 e. The highest BCUT2D eigenvalue weighted by atomic mass is 15.3. The van der Waals surface area contributed by atoms with Crippen molar-refractivity contribution < 1.29 is 0 Å². The van der Waals surface area contributed by atoms with Crippen LogP contribution in [-0.4, -0.2) is 23.5 Å². The molecule has 1 heteroatoms. The Balaban J connectivity index is 1.36. The van der Waals surface area contributed by atoms with Crippen LogP contribution < -0.4 is 0 Å².